The molecule has 1 aliphatic rings. The van der Waals surface area contributed by atoms with Crippen molar-refractivity contribution in [3.63, 3.8) is 0 Å². The number of hydrogen-bond acceptors (Lipinski definition) is 7. The third-order valence-corrected chi connectivity index (χ3v) is 3.45. The zero-order valence-corrected chi connectivity index (χ0v) is 14.1. The molecular formula is C13H27N2O5S-. The van der Waals surface area contributed by atoms with Crippen molar-refractivity contribution in [1.82, 2.24) is 9.80 Å². The molecule has 0 saturated heterocycles. The fourth-order valence-corrected chi connectivity index (χ4v) is 1.89. The van der Waals surface area contributed by atoms with E-state index in [4.69, 9.17) is 4.74 Å². The first-order valence-corrected chi connectivity index (χ1v) is 8.49. The van der Waals surface area contributed by atoms with Gasteiger partial charge in [0, 0.05) is 32.6 Å². The van der Waals surface area contributed by atoms with Crippen LogP contribution in [0.2, 0.25) is 0 Å². The van der Waals surface area contributed by atoms with Gasteiger partial charge in [-0.25, -0.2) is 8.42 Å². The van der Waals surface area contributed by atoms with E-state index in [-0.39, 0.29) is 13.2 Å². The van der Waals surface area contributed by atoms with Crippen molar-refractivity contribution in [2.45, 2.75) is 39.8 Å². The Hall–Kier alpha value is -0.830. The standard InChI is InChI=1S/C9H18N2.C4H10O5S/c1-4-5-6-11-8-7-10(3)9(11)2;1-2-8-3-4-9-10(5,6)7/h7-9H,4-6H2,1-3H3;2-4H2,1H3,(H,5,6,7)/p-1. The van der Waals surface area contributed by atoms with Gasteiger partial charge in [0.25, 0.3) is 0 Å². The summed E-state index contributed by atoms with van der Waals surface area (Å²) in [6.45, 7) is 7.80. The summed E-state index contributed by atoms with van der Waals surface area (Å²) >= 11 is 0. The van der Waals surface area contributed by atoms with Crippen molar-refractivity contribution < 1.29 is 21.9 Å². The van der Waals surface area contributed by atoms with E-state index in [1.807, 2.05) is 0 Å². The van der Waals surface area contributed by atoms with Crippen molar-refractivity contribution in [1.29, 1.82) is 0 Å². The first-order chi connectivity index (χ1) is 9.81. The van der Waals surface area contributed by atoms with Crippen LogP contribution in [0.25, 0.3) is 0 Å². The second-order valence-corrected chi connectivity index (χ2v) is 5.67. The molecule has 0 spiro atoms. The van der Waals surface area contributed by atoms with E-state index < -0.39 is 10.4 Å². The lowest BCUT2D eigenvalue weighted by Gasteiger charge is -2.26. The van der Waals surface area contributed by atoms with Gasteiger partial charge in [0.05, 0.1) is 19.4 Å². The summed E-state index contributed by atoms with van der Waals surface area (Å²) in [5.74, 6) is 0. The Morgan fingerprint density at radius 3 is 2.33 bits per heavy atom. The van der Waals surface area contributed by atoms with Gasteiger partial charge in [-0.05, 0) is 20.3 Å². The highest BCUT2D eigenvalue weighted by atomic mass is 32.3. The van der Waals surface area contributed by atoms with Gasteiger partial charge < -0.3 is 19.1 Å². The van der Waals surface area contributed by atoms with Crippen molar-refractivity contribution in [3.8, 4) is 0 Å². The Morgan fingerprint density at radius 2 is 1.90 bits per heavy atom. The van der Waals surface area contributed by atoms with Crippen LogP contribution in [0.1, 0.15) is 33.6 Å². The highest BCUT2D eigenvalue weighted by Gasteiger charge is 2.16. The SMILES string of the molecule is CCCCN1C=CN(C)C1C.CCOCCOS(=O)(=O)[O-]. The number of rotatable bonds is 8. The maximum absolute atomic E-state index is 9.76. The predicted octanol–water partition coefficient (Wildman–Crippen LogP) is 1.35. The molecule has 8 heteroatoms. The maximum Gasteiger partial charge on any atom is 0.217 e. The second kappa shape index (κ2) is 10.8. The lowest BCUT2D eigenvalue weighted by Crippen LogP contribution is -2.33. The molecule has 0 aromatic carbocycles. The van der Waals surface area contributed by atoms with Gasteiger partial charge >= 0.3 is 0 Å². The normalized spacial score (nSPS) is 17.9. The Kier molecular flexibility index (Phi) is 10.4. The molecule has 1 rings (SSSR count). The Bertz CT molecular complexity index is 386. The zero-order valence-electron chi connectivity index (χ0n) is 13.3. The summed E-state index contributed by atoms with van der Waals surface area (Å²) in [6.07, 6.45) is 7.45. The molecule has 1 atom stereocenters. The minimum absolute atomic E-state index is 0.123. The summed E-state index contributed by atoms with van der Waals surface area (Å²) in [4.78, 5) is 4.61. The third kappa shape index (κ3) is 10.5. The van der Waals surface area contributed by atoms with E-state index in [1.54, 1.807) is 6.92 Å². The third-order valence-electron chi connectivity index (χ3n) is 2.99. The summed E-state index contributed by atoms with van der Waals surface area (Å²) in [5.41, 5.74) is 0. The number of unbranched alkanes of at least 4 members (excludes halogenated alkanes) is 1. The first kappa shape index (κ1) is 20.2. The highest BCUT2D eigenvalue weighted by molar-refractivity contribution is 7.80. The quantitative estimate of drug-likeness (QED) is 0.379. The number of hydrogen-bond donors (Lipinski definition) is 0. The van der Waals surface area contributed by atoms with E-state index >= 15 is 0 Å². The Morgan fingerprint density at radius 1 is 1.24 bits per heavy atom. The van der Waals surface area contributed by atoms with Crippen LogP contribution in [-0.2, 0) is 19.3 Å². The molecule has 7 nitrogen and oxygen atoms in total. The first-order valence-electron chi connectivity index (χ1n) is 7.15. The minimum atomic E-state index is -4.53. The van der Waals surface area contributed by atoms with E-state index in [0.717, 1.165) is 0 Å². The Labute approximate surface area is 128 Å². The fourth-order valence-electron chi connectivity index (χ4n) is 1.62. The number of nitrogens with zero attached hydrogens (tertiary/aromatic N) is 2. The van der Waals surface area contributed by atoms with Crippen LogP contribution >= 0.6 is 0 Å². The molecule has 0 saturated carbocycles. The molecule has 21 heavy (non-hydrogen) atoms. The predicted molar refractivity (Wildman–Crippen MR) is 80.1 cm³/mol. The lowest BCUT2D eigenvalue weighted by atomic mass is 10.3. The van der Waals surface area contributed by atoms with Gasteiger partial charge in [-0.1, -0.05) is 13.3 Å². The van der Waals surface area contributed by atoms with Gasteiger partial charge in [0.2, 0.25) is 10.4 Å². The molecule has 1 heterocycles. The average Bonchev–Trinajstić information content (AvgIpc) is 2.72. The van der Waals surface area contributed by atoms with Crippen molar-refractivity contribution in [2.75, 3.05) is 33.4 Å². The summed E-state index contributed by atoms with van der Waals surface area (Å²) in [6, 6.07) is 0. The van der Waals surface area contributed by atoms with Crippen LogP contribution in [0.15, 0.2) is 12.4 Å². The molecule has 0 bridgehead atoms. The molecular weight excluding hydrogens is 296 g/mol. The smallest absolute Gasteiger partial charge is 0.217 e. The van der Waals surface area contributed by atoms with E-state index in [2.05, 4.69) is 47.3 Å². The lowest BCUT2D eigenvalue weighted by molar-refractivity contribution is 0.106. The van der Waals surface area contributed by atoms with E-state index in [9.17, 15) is 13.0 Å². The molecule has 0 aliphatic carbocycles. The summed E-state index contributed by atoms with van der Waals surface area (Å²) in [5, 5.41) is 0. The second-order valence-electron chi connectivity index (χ2n) is 4.61. The molecule has 0 radical (unpaired) electrons. The van der Waals surface area contributed by atoms with Gasteiger partial charge in [-0.15, -0.1) is 0 Å². The van der Waals surface area contributed by atoms with Crippen LogP contribution in [0, 0.1) is 0 Å². The van der Waals surface area contributed by atoms with E-state index in [0.29, 0.717) is 12.8 Å². The van der Waals surface area contributed by atoms with Crippen LogP contribution in [0.3, 0.4) is 0 Å². The Balaban J connectivity index is 0.000000384. The van der Waals surface area contributed by atoms with E-state index in [1.165, 1.54) is 19.4 Å². The van der Waals surface area contributed by atoms with Crippen LogP contribution in [0.4, 0.5) is 0 Å². The molecule has 0 aromatic heterocycles. The highest BCUT2D eigenvalue weighted by Crippen LogP contribution is 2.13. The topological polar surface area (TPSA) is 82.1 Å². The van der Waals surface area contributed by atoms with Crippen molar-refractivity contribution in [3.05, 3.63) is 12.4 Å². The van der Waals surface area contributed by atoms with Gasteiger partial charge in [-0.3, -0.25) is 4.18 Å². The van der Waals surface area contributed by atoms with Crippen LogP contribution in [0.5, 0.6) is 0 Å². The summed E-state index contributed by atoms with van der Waals surface area (Å²) in [7, 11) is -2.42. The zero-order chi connectivity index (χ0) is 16.3. The molecule has 0 N–H and O–H groups in total. The maximum atomic E-state index is 9.76. The molecule has 1 unspecified atom stereocenters. The monoisotopic (exact) mass is 323 g/mol. The molecule has 0 aromatic rings. The largest absolute Gasteiger partial charge is 0.726 e. The van der Waals surface area contributed by atoms with Gasteiger partial charge in [0.1, 0.15) is 0 Å². The number of ether oxygens (including phenoxy) is 1. The molecule has 0 fully saturated rings. The van der Waals surface area contributed by atoms with Crippen LogP contribution in [-0.4, -0.2) is 62.3 Å². The minimum Gasteiger partial charge on any atom is -0.726 e. The molecule has 1 aliphatic heterocycles. The molecule has 126 valence electrons. The molecule has 0 amide bonds. The summed E-state index contributed by atoms with van der Waals surface area (Å²) < 4.78 is 37.8. The van der Waals surface area contributed by atoms with Crippen molar-refractivity contribution >= 4 is 10.4 Å². The van der Waals surface area contributed by atoms with Crippen LogP contribution < -0.4 is 0 Å². The average molecular weight is 323 g/mol. The van der Waals surface area contributed by atoms with Gasteiger partial charge in [0.15, 0.2) is 0 Å². The van der Waals surface area contributed by atoms with Crippen molar-refractivity contribution in [2.24, 2.45) is 0 Å². The fraction of sp³-hybridized carbons (Fsp3) is 0.846. The van der Waals surface area contributed by atoms with Gasteiger partial charge in [-0.2, -0.15) is 0 Å².